The van der Waals surface area contributed by atoms with Gasteiger partial charge >= 0.3 is 12.1 Å². The molecule has 2 aromatic carbocycles. The van der Waals surface area contributed by atoms with Crippen LogP contribution >= 0.6 is 11.8 Å². The van der Waals surface area contributed by atoms with E-state index in [0.29, 0.717) is 5.75 Å². The van der Waals surface area contributed by atoms with Crippen LogP contribution in [0.1, 0.15) is 27.5 Å². The normalized spacial score (nSPS) is 12.0. The molecule has 0 aliphatic heterocycles. The number of carbonyl (C=O) groups excluding carboxylic acids is 2. The molecule has 1 aromatic heterocycles. The van der Waals surface area contributed by atoms with Gasteiger partial charge in [-0.15, -0.1) is 11.8 Å². The van der Waals surface area contributed by atoms with Crippen LogP contribution in [0.4, 0.5) is 10.5 Å². The largest absolute Gasteiger partial charge is 0.481 e. The summed E-state index contributed by atoms with van der Waals surface area (Å²) in [6.07, 6.45) is 0.705. The Morgan fingerprint density at radius 2 is 1.74 bits per heavy atom. The van der Waals surface area contributed by atoms with Crippen molar-refractivity contribution in [2.24, 2.45) is 7.05 Å². The number of ether oxygens (including phenoxy) is 1. The number of anilines is 1. The van der Waals surface area contributed by atoms with Crippen LogP contribution in [-0.4, -0.2) is 57.5 Å². The van der Waals surface area contributed by atoms with Gasteiger partial charge in [-0.2, -0.15) is 5.10 Å². The first-order chi connectivity index (χ1) is 16.5. The number of hydrogen-bond acceptors (Lipinski definition) is 6. The Morgan fingerprint density at radius 1 is 1.09 bits per heavy atom. The lowest BCUT2D eigenvalue weighted by molar-refractivity contribution is -0.133. The van der Waals surface area contributed by atoms with Crippen LogP contribution in [0.25, 0.3) is 11.1 Å². The van der Waals surface area contributed by atoms with Crippen LogP contribution in [0.15, 0.2) is 54.7 Å². The molecule has 0 radical (unpaired) electrons. The average Bonchev–Trinajstić information content (AvgIpc) is 3.34. The summed E-state index contributed by atoms with van der Waals surface area (Å²) >= 11 is 1.20. The first-order valence-electron chi connectivity index (χ1n) is 10.7. The number of rotatable bonds is 9. The number of nitrogens with zero attached hydrogens (tertiary/aromatic N) is 2. The zero-order valence-corrected chi connectivity index (χ0v) is 19.3. The SMILES string of the molecule is Cn1ncc(NC(=O)OCC2c3ccccc3-c3ccccc32)c1C(=O)NCCSCC(=O)O. The summed E-state index contributed by atoms with van der Waals surface area (Å²) in [7, 11) is 1.59. The zero-order chi connectivity index (χ0) is 24.1. The second kappa shape index (κ2) is 10.4. The van der Waals surface area contributed by atoms with Crippen molar-refractivity contribution >= 4 is 35.4 Å². The Hall–Kier alpha value is -3.79. The van der Waals surface area contributed by atoms with Crippen LogP contribution in [-0.2, 0) is 16.6 Å². The number of amides is 2. The van der Waals surface area contributed by atoms with Gasteiger partial charge in [0.2, 0.25) is 0 Å². The number of benzene rings is 2. The minimum Gasteiger partial charge on any atom is -0.481 e. The molecule has 9 nitrogen and oxygen atoms in total. The number of thioether (sulfide) groups is 1. The van der Waals surface area contributed by atoms with Crippen molar-refractivity contribution in [1.29, 1.82) is 0 Å². The first kappa shape index (κ1) is 23.4. The van der Waals surface area contributed by atoms with Gasteiger partial charge in [0.05, 0.1) is 17.6 Å². The number of aryl methyl sites for hydroxylation is 1. The van der Waals surface area contributed by atoms with E-state index in [2.05, 4.69) is 27.9 Å². The van der Waals surface area contributed by atoms with Gasteiger partial charge in [-0.3, -0.25) is 19.6 Å². The highest BCUT2D eigenvalue weighted by molar-refractivity contribution is 7.99. The molecule has 4 rings (SSSR count). The van der Waals surface area contributed by atoms with Crippen molar-refractivity contribution in [3.8, 4) is 11.1 Å². The maximum absolute atomic E-state index is 12.6. The highest BCUT2D eigenvalue weighted by atomic mass is 32.2. The molecule has 176 valence electrons. The summed E-state index contributed by atoms with van der Waals surface area (Å²) in [6, 6.07) is 16.1. The fraction of sp³-hybridized carbons (Fsp3) is 0.250. The predicted octanol–water partition coefficient (Wildman–Crippen LogP) is 3.33. The molecule has 0 saturated heterocycles. The molecule has 0 bridgehead atoms. The van der Waals surface area contributed by atoms with Gasteiger partial charge in [-0.1, -0.05) is 48.5 Å². The van der Waals surface area contributed by atoms with E-state index < -0.39 is 18.0 Å². The topological polar surface area (TPSA) is 123 Å². The highest BCUT2D eigenvalue weighted by Gasteiger charge is 2.29. The van der Waals surface area contributed by atoms with Crippen LogP contribution in [0.5, 0.6) is 0 Å². The maximum Gasteiger partial charge on any atom is 0.411 e. The fourth-order valence-corrected chi connectivity index (χ4v) is 4.59. The summed E-state index contributed by atoms with van der Waals surface area (Å²) in [5, 5.41) is 18.0. The molecule has 0 atom stereocenters. The molecule has 10 heteroatoms. The molecule has 1 aliphatic carbocycles. The Bertz CT molecular complexity index is 1180. The molecule has 0 unspecified atom stereocenters. The second-order valence-corrected chi connectivity index (χ2v) is 8.79. The predicted molar refractivity (Wildman–Crippen MR) is 129 cm³/mol. The number of nitrogens with one attached hydrogen (secondary N) is 2. The van der Waals surface area contributed by atoms with E-state index in [1.165, 1.54) is 22.6 Å². The number of carboxylic acids is 1. The van der Waals surface area contributed by atoms with Gasteiger partial charge in [0.1, 0.15) is 12.3 Å². The van der Waals surface area contributed by atoms with Crippen LogP contribution in [0, 0.1) is 0 Å². The average molecular weight is 481 g/mol. The van der Waals surface area contributed by atoms with Crippen LogP contribution < -0.4 is 10.6 Å². The van der Waals surface area contributed by atoms with Crippen molar-refractivity contribution < 1.29 is 24.2 Å². The third kappa shape index (κ3) is 5.07. The Balaban J connectivity index is 1.36. The standard InChI is InChI=1S/C24H24N4O5S/c1-28-22(23(31)25-10-11-34-14-21(29)30)20(12-26-28)27-24(32)33-13-19-17-8-4-2-6-15(17)16-7-3-5-9-18(16)19/h2-9,12,19H,10-11,13-14H2,1H3,(H,25,31)(H,27,32)(H,29,30). The monoisotopic (exact) mass is 480 g/mol. The second-order valence-electron chi connectivity index (χ2n) is 7.68. The van der Waals surface area contributed by atoms with E-state index in [1.807, 2.05) is 36.4 Å². The summed E-state index contributed by atoms with van der Waals surface area (Å²) in [6.45, 7) is 0.439. The summed E-state index contributed by atoms with van der Waals surface area (Å²) in [5.74, 6) is -0.984. The molecular formula is C24H24N4O5S. The van der Waals surface area contributed by atoms with Gasteiger partial charge < -0.3 is 15.2 Å². The van der Waals surface area contributed by atoms with E-state index in [-0.39, 0.29) is 36.2 Å². The Kier molecular flexibility index (Phi) is 7.17. The number of carbonyl (C=O) groups is 3. The molecule has 1 aliphatic rings. The summed E-state index contributed by atoms with van der Waals surface area (Å²) in [5.41, 5.74) is 4.91. The minimum absolute atomic E-state index is 0.0316. The molecule has 3 aromatic rings. The van der Waals surface area contributed by atoms with E-state index in [4.69, 9.17) is 9.84 Å². The molecule has 2 amide bonds. The third-order valence-electron chi connectivity index (χ3n) is 5.49. The number of hydrogen-bond donors (Lipinski definition) is 3. The van der Waals surface area contributed by atoms with Gasteiger partial charge in [0.15, 0.2) is 0 Å². The maximum atomic E-state index is 12.6. The quantitative estimate of drug-likeness (QED) is 0.402. The summed E-state index contributed by atoms with van der Waals surface area (Å²) < 4.78 is 6.91. The molecule has 1 heterocycles. The Labute approximate surface area is 200 Å². The van der Waals surface area contributed by atoms with Crippen molar-refractivity contribution in [3.05, 3.63) is 71.5 Å². The van der Waals surface area contributed by atoms with Crippen LogP contribution in [0.2, 0.25) is 0 Å². The number of aromatic nitrogens is 2. The van der Waals surface area contributed by atoms with Gasteiger partial charge in [-0.25, -0.2) is 4.79 Å². The summed E-state index contributed by atoms with van der Waals surface area (Å²) in [4.78, 5) is 35.7. The van der Waals surface area contributed by atoms with E-state index in [1.54, 1.807) is 7.05 Å². The van der Waals surface area contributed by atoms with E-state index in [0.717, 1.165) is 22.3 Å². The number of aliphatic carboxylic acids is 1. The lowest BCUT2D eigenvalue weighted by Gasteiger charge is -2.14. The van der Waals surface area contributed by atoms with Crippen molar-refractivity contribution in [1.82, 2.24) is 15.1 Å². The lowest BCUT2D eigenvalue weighted by atomic mass is 9.98. The highest BCUT2D eigenvalue weighted by Crippen LogP contribution is 2.44. The fourth-order valence-electron chi connectivity index (χ4n) is 4.02. The van der Waals surface area contributed by atoms with Gasteiger partial charge in [0, 0.05) is 25.3 Å². The molecule has 0 saturated carbocycles. The molecule has 0 spiro atoms. The smallest absolute Gasteiger partial charge is 0.411 e. The molecular weight excluding hydrogens is 456 g/mol. The van der Waals surface area contributed by atoms with Crippen molar-refractivity contribution in [2.75, 3.05) is 30.0 Å². The first-order valence-corrected chi connectivity index (χ1v) is 11.8. The van der Waals surface area contributed by atoms with Gasteiger partial charge in [-0.05, 0) is 22.3 Å². The third-order valence-corrected chi connectivity index (χ3v) is 6.44. The number of carboxylic acid groups (broad SMARTS) is 1. The minimum atomic E-state index is -0.905. The zero-order valence-electron chi connectivity index (χ0n) is 18.5. The molecule has 34 heavy (non-hydrogen) atoms. The molecule has 0 fully saturated rings. The molecule has 3 N–H and O–H groups in total. The van der Waals surface area contributed by atoms with Crippen molar-refractivity contribution in [2.45, 2.75) is 5.92 Å². The van der Waals surface area contributed by atoms with Crippen molar-refractivity contribution in [3.63, 3.8) is 0 Å². The van der Waals surface area contributed by atoms with Gasteiger partial charge in [0.25, 0.3) is 5.91 Å². The van der Waals surface area contributed by atoms with E-state index >= 15 is 0 Å². The lowest BCUT2D eigenvalue weighted by Crippen LogP contribution is -2.29. The van der Waals surface area contributed by atoms with E-state index in [9.17, 15) is 14.4 Å². The number of fused-ring (bicyclic) bond motifs is 3. The Morgan fingerprint density at radius 3 is 2.38 bits per heavy atom. The van der Waals surface area contributed by atoms with Crippen LogP contribution in [0.3, 0.4) is 0 Å².